The third kappa shape index (κ3) is 4.95. The van der Waals surface area contributed by atoms with Gasteiger partial charge in [0.1, 0.15) is 5.75 Å². The van der Waals surface area contributed by atoms with Gasteiger partial charge in [0, 0.05) is 13.3 Å². The first-order valence-corrected chi connectivity index (χ1v) is 8.08. The number of fused-ring (bicyclic) bond motifs is 1. The maximum absolute atomic E-state index is 12.0. The van der Waals surface area contributed by atoms with Gasteiger partial charge in [0.25, 0.3) is 0 Å². The summed E-state index contributed by atoms with van der Waals surface area (Å²) in [6.45, 7) is 5.52. The SMILES string of the molecule is CCC(=O)C(Oc1cc2cc-2c1)c1ccccc1.CCOC(C)=O. The van der Waals surface area contributed by atoms with Crippen LogP contribution in [0, 0.1) is 0 Å². The highest BCUT2D eigenvalue weighted by atomic mass is 16.5. The molecule has 0 aromatic heterocycles. The van der Waals surface area contributed by atoms with E-state index in [0.717, 1.165) is 11.3 Å². The van der Waals surface area contributed by atoms with Crippen LogP contribution < -0.4 is 4.74 Å². The molecule has 1 aromatic carbocycles. The van der Waals surface area contributed by atoms with E-state index >= 15 is 0 Å². The molecule has 0 aliphatic heterocycles. The summed E-state index contributed by atoms with van der Waals surface area (Å²) in [6, 6.07) is 15.7. The monoisotopic (exact) mass is 326 g/mol. The molecular weight excluding hydrogens is 304 g/mol. The van der Waals surface area contributed by atoms with Crippen LogP contribution in [0.4, 0.5) is 0 Å². The number of carbonyl (C=O) groups excluding carboxylic acids is 2. The number of Topliss-reactive ketones (excluding diaryl/α,β-unsaturated/α-hetero) is 1. The van der Waals surface area contributed by atoms with Crippen LogP contribution in [0.2, 0.25) is 0 Å². The predicted octanol–water partition coefficient (Wildman–Crippen LogP) is 4.34. The first-order chi connectivity index (χ1) is 11.5. The van der Waals surface area contributed by atoms with E-state index in [1.54, 1.807) is 6.92 Å². The van der Waals surface area contributed by atoms with Crippen molar-refractivity contribution in [3.8, 4) is 16.9 Å². The minimum atomic E-state index is -0.489. The lowest BCUT2D eigenvalue weighted by molar-refractivity contribution is -0.140. The van der Waals surface area contributed by atoms with Gasteiger partial charge in [-0.1, -0.05) is 37.3 Å². The second-order valence-corrected chi connectivity index (χ2v) is 5.40. The first kappa shape index (κ1) is 17.7. The Kier molecular flexibility index (Phi) is 6.13. The number of hydrogen-bond donors (Lipinski definition) is 0. The fraction of sp³-hybridized carbons (Fsp3) is 0.300. The van der Waals surface area contributed by atoms with Crippen LogP contribution >= 0.6 is 0 Å². The van der Waals surface area contributed by atoms with Gasteiger partial charge in [-0.2, -0.15) is 0 Å². The van der Waals surface area contributed by atoms with Gasteiger partial charge in [0.15, 0.2) is 11.9 Å². The number of ketones is 1. The third-order valence-electron chi connectivity index (χ3n) is 3.50. The molecule has 0 saturated heterocycles. The molecule has 4 nitrogen and oxygen atoms in total. The van der Waals surface area contributed by atoms with Crippen LogP contribution in [-0.2, 0) is 14.3 Å². The number of benzene rings is 2. The zero-order valence-electron chi connectivity index (χ0n) is 14.2. The van der Waals surface area contributed by atoms with Crippen LogP contribution in [0.3, 0.4) is 0 Å². The Morgan fingerprint density at radius 3 is 2.08 bits per heavy atom. The highest BCUT2D eigenvalue weighted by molar-refractivity contribution is 5.86. The number of esters is 1. The maximum atomic E-state index is 12.0. The lowest BCUT2D eigenvalue weighted by Gasteiger charge is -2.17. The van der Waals surface area contributed by atoms with Crippen LogP contribution in [-0.4, -0.2) is 18.4 Å². The summed E-state index contributed by atoms with van der Waals surface area (Å²) < 4.78 is 10.2. The molecule has 2 aliphatic rings. The van der Waals surface area contributed by atoms with Crippen molar-refractivity contribution in [1.82, 2.24) is 0 Å². The Labute approximate surface area is 142 Å². The van der Waals surface area contributed by atoms with Gasteiger partial charge in [-0.05, 0) is 41.8 Å². The summed E-state index contributed by atoms with van der Waals surface area (Å²) >= 11 is 0. The Morgan fingerprint density at radius 2 is 1.62 bits per heavy atom. The molecule has 1 unspecified atom stereocenters. The van der Waals surface area contributed by atoms with Gasteiger partial charge < -0.3 is 9.47 Å². The Morgan fingerprint density at radius 1 is 1.00 bits per heavy atom. The van der Waals surface area contributed by atoms with Crippen molar-refractivity contribution in [2.45, 2.75) is 33.3 Å². The van der Waals surface area contributed by atoms with Crippen molar-refractivity contribution in [3.05, 3.63) is 54.1 Å². The van der Waals surface area contributed by atoms with Crippen molar-refractivity contribution >= 4 is 11.8 Å². The maximum Gasteiger partial charge on any atom is 0.302 e. The van der Waals surface area contributed by atoms with Crippen LogP contribution in [0.5, 0.6) is 5.75 Å². The highest BCUT2D eigenvalue weighted by Crippen LogP contribution is 2.41. The molecule has 3 rings (SSSR count). The minimum Gasteiger partial charge on any atom is -0.478 e. The van der Waals surface area contributed by atoms with Gasteiger partial charge in [0.2, 0.25) is 0 Å². The summed E-state index contributed by atoms with van der Waals surface area (Å²) in [7, 11) is 0. The molecule has 0 fully saturated rings. The lowest BCUT2D eigenvalue weighted by atomic mass is 10.0. The number of ether oxygens (including phenoxy) is 2. The van der Waals surface area contributed by atoms with E-state index in [2.05, 4.69) is 10.8 Å². The molecular formula is C20H22O4. The second-order valence-electron chi connectivity index (χ2n) is 5.40. The fourth-order valence-corrected chi connectivity index (χ4v) is 2.27. The Hall–Kier alpha value is -2.62. The summed E-state index contributed by atoms with van der Waals surface area (Å²) in [5.74, 6) is 0.686. The summed E-state index contributed by atoms with van der Waals surface area (Å²) in [6.07, 6.45) is -0.0102. The van der Waals surface area contributed by atoms with E-state index in [0.29, 0.717) is 13.0 Å². The van der Waals surface area contributed by atoms with Gasteiger partial charge in [-0.3, -0.25) is 9.59 Å². The zero-order chi connectivity index (χ0) is 17.5. The topological polar surface area (TPSA) is 52.6 Å². The molecule has 2 aliphatic carbocycles. The molecule has 4 heteroatoms. The van der Waals surface area contributed by atoms with E-state index in [4.69, 9.17) is 4.74 Å². The Bertz CT molecular complexity index is 687. The van der Waals surface area contributed by atoms with E-state index in [-0.39, 0.29) is 11.8 Å². The van der Waals surface area contributed by atoms with Crippen molar-refractivity contribution in [2.75, 3.05) is 6.61 Å². The molecule has 0 N–H and O–H groups in total. The first-order valence-electron chi connectivity index (χ1n) is 8.08. The van der Waals surface area contributed by atoms with Crippen molar-refractivity contribution in [1.29, 1.82) is 0 Å². The molecule has 0 spiro atoms. The zero-order valence-corrected chi connectivity index (χ0v) is 14.2. The number of rotatable bonds is 6. The summed E-state index contributed by atoms with van der Waals surface area (Å²) in [4.78, 5) is 21.8. The van der Waals surface area contributed by atoms with E-state index in [1.807, 2.05) is 49.4 Å². The van der Waals surface area contributed by atoms with Gasteiger partial charge in [-0.25, -0.2) is 0 Å². The largest absolute Gasteiger partial charge is 0.478 e. The predicted molar refractivity (Wildman–Crippen MR) is 92.9 cm³/mol. The van der Waals surface area contributed by atoms with Crippen LogP contribution in [0.15, 0.2) is 48.5 Å². The molecule has 0 heterocycles. The van der Waals surface area contributed by atoms with E-state index in [9.17, 15) is 9.59 Å². The van der Waals surface area contributed by atoms with Crippen LogP contribution in [0.25, 0.3) is 11.1 Å². The number of carbonyl (C=O) groups is 2. The van der Waals surface area contributed by atoms with Crippen LogP contribution in [0.1, 0.15) is 38.9 Å². The van der Waals surface area contributed by atoms with Gasteiger partial charge >= 0.3 is 5.97 Å². The van der Waals surface area contributed by atoms with E-state index < -0.39 is 6.10 Å². The average Bonchev–Trinajstić information content (AvgIpc) is 3.19. The van der Waals surface area contributed by atoms with Crippen molar-refractivity contribution < 1.29 is 19.1 Å². The van der Waals surface area contributed by atoms with Gasteiger partial charge in [-0.15, -0.1) is 0 Å². The smallest absolute Gasteiger partial charge is 0.302 e. The normalized spacial score (nSPS) is 11.6. The summed E-state index contributed by atoms with van der Waals surface area (Å²) in [5, 5.41) is 0. The standard InChI is InChI=1S/C16H14O2.C4H8O2/c1-2-15(17)16(11-6-4-3-5-7-11)18-14-9-12-8-13(12)10-14;1-3-6-4(2)5/h3-10,16H,2H2,1H3;3H2,1-2H3. The van der Waals surface area contributed by atoms with Gasteiger partial charge in [0.05, 0.1) is 6.61 Å². The highest BCUT2D eigenvalue weighted by Gasteiger charge is 2.23. The fourth-order valence-electron chi connectivity index (χ4n) is 2.27. The number of hydrogen-bond acceptors (Lipinski definition) is 4. The molecule has 0 radical (unpaired) electrons. The molecule has 1 aromatic rings. The minimum absolute atomic E-state index is 0.107. The van der Waals surface area contributed by atoms with Crippen molar-refractivity contribution in [2.24, 2.45) is 0 Å². The molecule has 126 valence electrons. The molecule has 24 heavy (non-hydrogen) atoms. The lowest BCUT2D eigenvalue weighted by Crippen LogP contribution is -2.17. The van der Waals surface area contributed by atoms with E-state index in [1.165, 1.54) is 18.1 Å². The summed E-state index contributed by atoms with van der Waals surface area (Å²) in [5.41, 5.74) is 3.36. The molecule has 0 saturated carbocycles. The quantitative estimate of drug-likeness (QED) is 0.632. The Balaban J connectivity index is 0.000000301. The molecule has 1 atom stereocenters. The average molecular weight is 326 g/mol. The molecule has 0 bridgehead atoms. The van der Waals surface area contributed by atoms with Crippen molar-refractivity contribution in [3.63, 3.8) is 0 Å². The third-order valence-corrected chi connectivity index (χ3v) is 3.50. The second kappa shape index (κ2) is 8.29. The molecule has 0 amide bonds.